The Hall–Kier alpha value is -2.19. The molecule has 0 aliphatic heterocycles. The highest BCUT2D eigenvalue weighted by Crippen LogP contribution is 2.44. The van der Waals surface area contributed by atoms with Gasteiger partial charge in [0.15, 0.2) is 0 Å². The summed E-state index contributed by atoms with van der Waals surface area (Å²) in [5.41, 5.74) is -4.67. The highest BCUT2D eigenvalue weighted by molar-refractivity contribution is 5.65. The summed E-state index contributed by atoms with van der Waals surface area (Å²) in [7, 11) is 0. The van der Waals surface area contributed by atoms with Crippen molar-refractivity contribution < 1.29 is 23.0 Å². The lowest BCUT2D eigenvalue weighted by Crippen LogP contribution is -2.15. The Morgan fingerprint density at radius 2 is 1.16 bits per heavy atom. The van der Waals surface area contributed by atoms with E-state index in [4.69, 9.17) is 0 Å². The van der Waals surface area contributed by atoms with Crippen molar-refractivity contribution in [1.29, 1.82) is 0 Å². The van der Waals surface area contributed by atoms with Gasteiger partial charge in [0.05, 0.1) is 15.4 Å². The molecular formula is C10H9F3N2O4. The lowest BCUT2D eigenvalue weighted by atomic mass is 9.94. The summed E-state index contributed by atoms with van der Waals surface area (Å²) in [6.45, 7) is 2.94. The standard InChI is InChI=1S/C10H9F3N2O4/c1-4-7(10(11,12)13)5(2)9(15(18)19)6(3)8(4)14(16)17/h1-3H3. The van der Waals surface area contributed by atoms with Crippen LogP contribution in [0, 0.1) is 41.0 Å². The largest absolute Gasteiger partial charge is 0.417 e. The third-order valence-electron chi connectivity index (χ3n) is 2.82. The molecule has 1 aromatic carbocycles. The van der Waals surface area contributed by atoms with Gasteiger partial charge in [0.1, 0.15) is 5.56 Å². The van der Waals surface area contributed by atoms with Gasteiger partial charge in [-0.05, 0) is 20.8 Å². The number of benzene rings is 1. The second-order valence-electron chi connectivity index (χ2n) is 3.96. The quantitative estimate of drug-likeness (QED) is 0.612. The number of alkyl halides is 3. The maximum Gasteiger partial charge on any atom is 0.417 e. The number of rotatable bonds is 2. The van der Waals surface area contributed by atoms with Crippen LogP contribution in [-0.4, -0.2) is 9.85 Å². The second-order valence-corrected chi connectivity index (χ2v) is 3.96. The van der Waals surface area contributed by atoms with E-state index in [1.165, 1.54) is 0 Å². The zero-order valence-electron chi connectivity index (χ0n) is 10.2. The zero-order chi connectivity index (χ0) is 15.1. The predicted molar refractivity (Wildman–Crippen MR) is 59.0 cm³/mol. The summed E-state index contributed by atoms with van der Waals surface area (Å²) >= 11 is 0. The van der Waals surface area contributed by atoms with Crippen molar-refractivity contribution in [1.82, 2.24) is 0 Å². The van der Waals surface area contributed by atoms with Crippen molar-refractivity contribution in [2.24, 2.45) is 0 Å². The van der Waals surface area contributed by atoms with E-state index >= 15 is 0 Å². The van der Waals surface area contributed by atoms with Gasteiger partial charge in [-0.25, -0.2) is 0 Å². The minimum atomic E-state index is -4.89. The molecule has 0 N–H and O–H groups in total. The predicted octanol–water partition coefficient (Wildman–Crippen LogP) is 3.45. The summed E-state index contributed by atoms with van der Waals surface area (Å²) in [6, 6.07) is 0. The molecule has 19 heavy (non-hydrogen) atoms. The molecule has 0 atom stereocenters. The lowest BCUT2D eigenvalue weighted by molar-refractivity contribution is -0.396. The fourth-order valence-corrected chi connectivity index (χ4v) is 2.17. The van der Waals surface area contributed by atoms with Gasteiger partial charge in [-0.3, -0.25) is 20.2 Å². The molecule has 0 aliphatic carbocycles. The summed E-state index contributed by atoms with van der Waals surface area (Å²) in [5.74, 6) is 0. The van der Waals surface area contributed by atoms with E-state index in [1.54, 1.807) is 0 Å². The topological polar surface area (TPSA) is 86.3 Å². The van der Waals surface area contributed by atoms with E-state index < -0.39 is 44.1 Å². The number of nitro benzene ring substituents is 2. The smallest absolute Gasteiger partial charge is 0.258 e. The molecule has 1 aromatic rings. The molecule has 0 fully saturated rings. The van der Waals surface area contributed by atoms with Gasteiger partial charge in [-0.2, -0.15) is 13.2 Å². The number of nitrogens with zero attached hydrogens (tertiary/aromatic N) is 2. The van der Waals surface area contributed by atoms with Crippen LogP contribution in [0.2, 0.25) is 0 Å². The minimum Gasteiger partial charge on any atom is -0.258 e. The fourth-order valence-electron chi connectivity index (χ4n) is 2.17. The van der Waals surface area contributed by atoms with E-state index in [2.05, 4.69) is 0 Å². The number of halogens is 3. The molecular weight excluding hydrogens is 269 g/mol. The molecule has 104 valence electrons. The van der Waals surface area contributed by atoms with Crippen LogP contribution in [0.5, 0.6) is 0 Å². The first-order valence-corrected chi connectivity index (χ1v) is 4.99. The van der Waals surface area contributed by atoms with Crippen LogP contribution in [0.1, 0.15) is 22.3 Å². The molecule has 0 amide bonds. The summed E-state index contributed by atoms with van der Waals surface area (Å²) in [6.07, 6.45) is -4.89. The van der Waals surface area contributed by atoms with Crippen LogP contribution in [0.3, 0.4) is 0 Å². The minimum absolute atomic E-state index is 0.377. The van der Waals surface area contributed by atoms with Crippen molar-refractivity contribution in [3.63, 3.8) is 0 Å². The molecule has 0 bridgehead atoms. The Balaban J connectivity index is 3.97. The van der Waals surface area contributed by atoms with Crippen LogP contribution in [0.15, 0.2) is 0 Å². The Morgan fingerprint density at radius 3 is 1.37 bits per heavy atom. The maximum atomic E-state index is 12.9. The van der Waals surface area contributed by atoms with Gasteiger partial charge in [-0.1, -0.05) is 0 Å². The molecule has 0 saturated carbocycles. The Bertz CT molecular complexity index is 540. The summed E-state index contributed by atoms with van der Waals surface area (Å²) in [5, 5.41) is 21.6. The Labute approximate surface area is 105 Å². The lowest BCUT2D eigenvalue weighted by Gasteiger charge is -2.15. The number of hydrogen-bond donors (Lipinski definition) is 0. The van der Waals surface area contributed by atoms with E-state index in [9.17, 15) is 33.4 Å². The van der Waals surface area contributed by atoms with Gasteiger partial charge in [0.25, 0.3) is 11.4 Å². The SMILES string of the molecule is Cc1c([N+](=O)[O-])c(C)c(C(F)(F)F)c(C)c1[N+](=O)[O-]. The molecule has 6 nitrogen and oxygen atoms in total. The molecule has 0 aromatic heterocycles. The van der Waals surface area contributed by atoms with Gasteiger partial charge in [0, 0.05) is 11.1 Å². The van der Waals surface area contributed by atoms with E-state index in [-0.39, 0.29) is 5.56 Å². The van der Waals surface area contributed by atoms with E-state index in [0.717, 1.165) is 20.8 Å². The third-order valence-corrected chi connectivity index (χ3v) is 2.82. The summed E-state index contributed by atoms with van der Waals surface area (Å²) in [4.78, 5) is 19.6. The highest BCUT2D eigenvalue weighted by Gasteiger charge is 2.42. The highest BCUT2D eigenvalue weighted by atomic mass is 19.4. The van der Waals surface area contributed by atoms with Crippen molar-refractivity contribution >= 4 is 11.4 Å². The summed E-state index contributed by atoms with van der Waals surface area (Å²) < 4.78 is 38.6. The normalized spacial score (nSPS) is 11.5. The zero-order valence-corrected chi connectivity index (χ0v) is 10.2. The van der Waals surface area contributed by atoms with Gasteiger partial charge in [0.2, 0.25) is 0 Å². The monoisotopic (exact) mass is 278 g/mol. The van der Waals surface area contributed by atoms with E-state index in [1.807, 2.05) is 0 Å². The first kappa shape index (κ1) is 14.9. The maximum absolute atomic E-state index is 12.9. The molecule has 0 heterocycles. The third kappa shape index (κ3) is 2.35. The fraction of sp³-hybridized carbons (Fsp3) is 0.400. The van der Waals surface area contributed by atoms with Crippen molar-refractivity contribution in [3.8, 4) is 0 Å². The van der Waals surface area contributed by atoms with Crippen LogP contribution in [0.25, 0.3) is 0 Å². The molecule has 0 aliphatic rings. The van der Waals surface area contributed by atoms with Crippen molar-refractivity contribution in [2.75, 3.05) is 0 Å². The number of nitro groups is 2. The van der Waals surface area contributed by atoms with Crippen molar-refractivity contribution in [2.45, 2.75) is 26.9 Å². The molecule has 0 saturated heterocycles. The van der Waals surface area contributed by atoms with Gasteiger partial charge < -0.3 is 0 Å². The van der Waals surface area contributed by atoms with Crippen molar-refractivity contribution in [3.05, 3.63) is 42.5 Å². The van der Waals surface area contributed by atoms with Crippen LogP contribution in [0.4, 0.5) is 24.5 Å². The van der Waals surface area contributed by atoms with Crippen LogP contribution >= 0.6 is 0 Å². The van der Waals surface area contributed by atoms with Gasteiger partial charge in [-0.15, -0.1) is 0 Å². The average Bonchev–Trinajstić information content (AvgIpc) is 2.12. The molecule has 9 heteroatoms. The van der Waals surface area contributed by atoms with Crippen LogP contribution in [-0.2, 0) is 6.18 Å². The first-order valence-electron chi connectivity index (χ1n) is 4.99. The molecule has 0 radical (unpaired) electrons. The molecule has 0 spiro atoms. The number of hydrogen-bond acceptors (Lipinski definition) is 4. The van der Waals surface area contributed by atoms with Crippen LogP contribution < -0.4 is 0 Å². The van der Waals surface area contributed by atoms with E-state index in [0.29, 0.717) is 0 Å². The second kappa shape index (κ2) is 4.48. The average molecular weight is 278 g/mol. The molecule has 0 unspecified atom stereocenters. The van der Waals surface area contributed by atoms with Gasteiger partial charge >= 0.3 is 6.18 Å². The molecule has 1 rings (SSSR count). The first-order chi connectivity index (χ1) is 8.50. The Morgan fingerprint density at radius 1 is 0.842 bits per heavy atom. The Kier molecular flexibility index (Phi) is 3.51.